The second-order valence-electron chi connectivity index (χ2n) is 4.07. The van der Waals surface area contributed by atoms with Gasteiger partial charge in [0.25, 0.3) is 0 Å². The smallest absolute Gasteiger partial charge is 0.223 e. The number of benzene rings is 2. The predicted molar refractivity (Wildman–Crippen MR) is 78.9 cm³/mol. The number of nitrogens with two attached hydrogens (primary N) is 3. The third-order valence-electron chi connectivity index (χ3n) is 2.49. The largest absolute Gasteiger partial charge is 0.370 e. The topological polar surface area (TPSA) is 103 Å². The van der Waals surface area contributed by atoms with Gasteiger partial charge in [0.1, 0.15) is 5.82 Å². The Kier molecular flexibility index (Phi) is 3.95. The Balaban J connectivity index is 2.36. The van der Waals surface area contributed by atoms with E-state index >= 15 is 0 Å². The van der Waals surface area contributed by atoms with Gasteiger partial charge in [0.05, 0.1) is 5.69 Å². The molecular formula is C14H14FN5. The van der Waals surface area contributed by atoms with Crippen molar-refractivity contribution in [1.29, 1.82) is 0 Å². The van der Waals surface area contributed by atoms with Gasteiger partial charge < -0.3 is 17.2 Å². The van der Waals surface area contributed by atoms with E-state index in [1.807, 2.05) is 12.1 Å². The van der Waals surface area contributed by atoms with Crippen LogP contribution in [0.1, 0.15) is 0 Å². The van der Waals surface area contributed by atoms with Crippen molar-refractivity contribution < 1.29 is 4.39 Å². The number of halogens is 1. The van der Waals surface area contributed by atoms with Crippen LogP contribution in [-0.2, 0) is 0 Å². The van der Waals surface area contributed by atoms with Gasteiger partial charge in [-0.25, -0.2) is 9.38 Å². The maximum Gasteiger partial charge on any atom is 0.223 e. The second-order valence-corrected chi connectivity index (χ2v) is 4.07. The third kappa shape index (κ3) is 3.55. The van der Waals surface area contributed by atoms with Crippen LogP contribution in [0, 0.1) is 5.82 Å². The average Bonchev–Trinajstić information content (AvgIpc) is 2.38. The minimum absolute atomic E-state index is 0.0404. The van der Waals surface area contributed by atoms with Crippen molar-refractivity contribution in [3.8, 4) is 11.1 Å². The highest BCUT2D eigenvalue weighted by Gasteiger charge is 2.01. The summed E-state index contributed by atoms with van der Waals surface area (Å²) in [7, 11) is 0. The summed E-state index contributed by atoms with van der Waals surface area (Å²) in [5.74, 6) is -0.495. The fourth-order valence-electron chi connectivity index (χ4n) is 1.71. The number of aliphatic imine (C=N–C) groups is 2. The van der Waals surface area contributed by atoms with E-state index in [1.54, 1.807) is 24.3 Å². The van der Waals surface area contributed by atoms with E-state index in [0.29, 0.717) is 5.69 Å². The van der Waals surface area contributed by atoms with Crippen molar-refractivity contribution in [1.82, 2.24) is 0 Å². The summed E-state index contributed by atoms with van der Waals surface area (Å²) in [5.41, 5.74) is 18.1. The number of rotatable bonds is 2. The molecule has 2 aromatic rings. The zero-order valence-corrected chi connectivity index (χ0v) is 10.6. The first-order chi connectivity index (χ1) is 9.54. The Hall–Kier alpha value is -2.89. The van der Waals surface area contributed by atoms with Crippen molar-refractivity contribution >= 4 is 17.6 Å². The Bertz CT molecular complexity index is 675. The maximum absolute atomic E-state index is 13.2. The monoisotopic (exact) mass is 271 g/mol. The molecule has 2 rings (SSSR count). The van der Waals surface area contributed by atoms with Crippen LogP contribution < -0.4 is 17.2 Å². The molecule has 0 bridgehead atoms. The molecule has 0 aromatic heterocycles. The van der Waals surface area contributed by atoms with Crippen LogP contribution in [0.5, 0.6) is 0 Å². The van der Waals surface area contributed by atoms with Crippen LogP contribution in [0.4, 0.5) is 10.1 Å². The minimum atomic E-state index is -0.295. The Labute approximate surface area is 115 Å². The summed E-state index contributed by atoms with van der Waals surface area (Å²) in [4.78, 5) is 7.69. The highest BCUT2D eigenvalue weighted by Crippen LogP contribution is 2.24. The molecule has 0 amide bonds. The summed E-state index contributed by atoms with van der Waals surface area (Å²) in [6, 6.07) is 13.5. The summed E-state index contributed by atoms with van der Waals surface area (Å²) in [5, 5.41) is 0. The van der Waals surface area contributed by atoms with Crippen LogP contribution in [0.15, 0.2) is 58.5 Å². The number of nitrogens with zero attached hydrogens (tertiary/aromatic N) is 2. The number of hydrogen-bond donors (Lipinski definition) is 3. The molecule has 20 heavy (non-hydrogen) atoms. The van der Waals surface area contributed by atoms with E-state index in [0.717, 1.165) is 11.1 Å². The normalized spacial score (nSPS) is 11.2. The van der Waals surface area contributed by atoms with Gasteiger partial charge in [0.15, 0.2) is 5.96 Å². The van der Waals surface area contributed by atoms with E-state index in [1.165, 1.54) is 12.1 Å². The molecule has 2 aromatic carbocycles. The molecule has 0 aliphatic heterocycles. The Morgan fingerprint density at radius 3 is 2.20 bits per heavy atom. The highest BCUT2D eigenvalue weighted by molar-refractivity contribution is 5.93. The maximum atomic E-state index is 13.2. The van der Waals surface area contributed by atoms with Crippen LogP contribution in [0.2, 0.25) is 0 Å². The minimum Gasteiger partial charge on any atom is -0.370 e. The van der Waals surface area contributed by atoms with Gasteiger partial charge in [-0.2, -0.15) is 4.99 Å². The molecule has 0 aliphatic carbocycles. The molecule has 0 aliphatic rings. The molecule has 6 N–H and O–H groups in total. The van der Waals surface area contributed by atoms with Gasteiger partial charge in [-0.1, -0.05) is 24.3 Å². The fourth-order valence-corrected chi connectivity index (χ4v) is 1.71. The van der Waals surface area contributed by atoms with Gasteiger partial charge in [0, 0.05) is 0 Å². The molecule has 6 heteroatoms. The van der Waals surface area contributed by atoms with E-state index in [4.69, 9.17) is 17.2 Å². The first-order valence-corrected chi connectivity index (χ1v) is 5.84. The highest BCUT2D eigenvalue weighted by atomic mass is 19.1. The summed E-state index contributed by atoms with van der Waals surface area (Å²) < 4.78 is 13.2. The second kappa shape index (κ2) is 5.83. The van der Waals surface area contributed by atoms with Crippen molar-refractivity contribution in [2.24, 2.45) is 27.2 Å². The Morgan fingerprint density at radius 1 is 0.900 bits per heavy atom. The van der Waals surface area contributed by atoms with Gasteiger partial charge in [0.2, 0.25) is 5.96 Å². The lowest BCUT2D eigenvalue weighted by molar-refractivity contribution is 0.628. The quantitative estimate of drug-likeness (QED) is 0.572. The van der Waals surface area contributed by atoms with Crippen LogP contribution in [-0.4, -0.2) is 11.9 Å². The molecule has 0 heterocycles. The first kappa shape index (κ1) is 13.5. The Morgan fingerprint density at radius 2 is 1.55 bits per heavy atom. The molecule has 0 saturated heterocycles. The molecule has 0 fully saturated rings. The summed E-state index contributed by atoms with van der Waals surface area (Å²) >= 11 is 0. The molecule has 0 unspecified atom stereocenters. The standard InChI is InChI=1S/C14H14FN5/c15-11-5-1-3-9(7-11)10-4-2-6-12(8-10)19-14(18)20-13(16)17/h1-8H,(H6,16,17,18,19,20). The van der Waals surface area contributed by atoms with Crippen LogP contribution in [0.3, 0.4) is 0 Å². The van der Waals surface area contributed by atoms with Gasteiger partial charge in [-0.3, -0.25) is 0 Å². The zero-order valence-electron chi connectivity index (χ0n) is 10.6. The van der Waals surface area contributed by atoms with E-state index in [9.17, 15) is 4.39 Å². The lowest BCUT2D eigenvalue weighted by Gasteiger charge is -2.03. The molecule has 5 nitrogen and oxygen atoms in total. The molecule has 0 saturated carbocycles. The third-order valence-corrected chi connectivity index (χ3v) is 2.49. The summed E-state index contributed by atoms with van der Waals surface area (Å²) in [6.45, 7) is 0. The van der Waals surface area contributed by atoms with E-state index < -0.39 is 0 Å². The van der Waals surface area contributed by atoms with Gasteiger partial charge >= 0.3 is 0 Å². The van der Waals surface area contributed by atoms with Gasteiger partial charge in [-0.15, -0.1) is 0 Å². The molecular weight excluding hydrogens is 257 g/mol. The van der Waals surface area contributed by atoms with Crippen LogP contribution >= 0.6 is 0 Å². The fraction of sp³-hybridized carbons (Fsp3) is 0. The number of hydrogen-bond acceptors (Lipinski definition) is 1. The lowest BCUT2D eigenvalue weighted by atomic mass is 10.1. The van der Waals surface area contributed by atoms with Crippen molar-refractivity contribution in [2.75, 3.05) is 0 Å². The predicted octanol–water partition coefficient (Wildman–Crippen LogP) is 1.71. The molecule has 0 radical (unpaired) electrons. The van der Waals surface area contributed by atoms with Crippen molar-refractivity contribution in [3.63, 3.8) is 0 Å². The summed E-state index contributed by atoms with van der Waals surface area (Å²) in [6.07, 6.45) is 0. The van der Waals surface area contributed by atoms with Crippen LogP contribution in [0.25, 0.3) is 11.1 Å². The molecule has 0 spiro atoms. The average molecular weight is 271 g/mol. The molecule has 102 valence electrons. The zero-order chi connectivity index (χ0) is 14.5. The van der Waals surface area contributed by atoms with E-state index in [-0.39, 0.29) is 17.7 Å². The molecule has 0 atom stereocenters. The van der Waals surface area contributed by atoms with Crippen molar-refractivity contribution in [2.45, 2.75) is 0 Å². The van der Waals surface area contributed by atoms with E-state index in [2.05, 4.69) is 9.98 Å². The van der Waals surface area contributed by atoms with Crippen molar-refractivity contribution in [3.05, 3.63) is 54.3 Å². The SMILES string of the molecule is NC(N)=NC(N)=Nc1cccc(-c2cccc(F)c2)c1. The lowest BCUT2D eigenvalue weighted by Crippen LogP contribution is -2.26. The first-order valence-electron chi connectivity index (χ1n) is 5.84. The number of guanidine groups is 2. The van der Waals surface area contributed by atoms with Gasteiger partial charge in [-0.05, 0) is 35.4 Å².